The Morgan fingerprint density at radius 3 is 2.63 bits per heavy atom. The van der Waals surface area contributed by atoms with Gasteiger partial charge in [-0.3, -0.25) is 4.79 Å². The molecule has 3 N–H and O–H groups in total. The lowest BCUT2D eigenvalue weighted by molar-refractivity contribution is -0.111. The van der Waals surface area contributed by atoms with Crippen LogP contribution in [0.4, 0.5) is 16.5 Å². The Hall–Kier alpha value is -2.87. The Kier molecular flexibility index (Phi) is 6.32. The molecular formula is C22H21ClN4O2S. The van der Waals surface area contributed by atoms with Crippen LogP contribution in [0.2, 0.25) is 5.02 Å². The lowest BCUT2D eigenvalue weighted by atomic mass is 10.1. The number of hydrogen-bond acceptors (Lipinski definition) is 6. The van der Waals surface area contributed by atoms with Gasteiger partial charge in [-0.1, -0.05) is 47.2 Å². The van der Waals surface area contributed by atoms with Gasteiger partial charge in [-0.2, -0.15) is 0 Å². The first-order valence-corrected chi connectivity index (χ1v) is 10.7. The fourth-order valence-corrected chi connectivity index (χ4v) is 4.24. The van der Waals surface area contributed by atoms with E-state index in [1.807, 2.05) is 36.4 Å². The van der Waals surface area contributed by atoms with Gasteiger partial charge in [0.05, 0.1) is 35.2 Å². The second-order valence-corrected chi connectivity index (χ2v) is 8.17. The molecule has 1 saturated heterocycles. The number of para-hydroxylation sites is 2. The summed E-state index contributed by atoms with van der Waals surface area (Å²) in [6.07, 6.45) is 3.29. The highest BCUT2D eigenvalue weighted by atomic mass is 35.5. The SMILES string of the molecule is Nc1ccccc1NC(=O)/C=C/c1sc(N2CCOCC2)nc1-c1ccc(Cl)cc1. The van der Waals surface area contributed by atoms with Crippen LogP contribution in [0.15, 0.2) is 54.6 Å². The van der Waals surface area contributed by atoms with Gasteiger partial charge in [0.2, 0.25) is 5.91 Å². The molecule has 1 aromatic heterocycles. The molecule has 6 nitrogen and oxygen atoms in total. The molecule has 1 aliphatic heterocycles. The topological polar surface area (TPSA) is 80.5 Å². The second kappa shape index (κ2) is 9.30. The number of benzene rings is 2. The zero-order chi connectivity index (χ0) is 20.9. The van der Waals surface area contributed by atoms with Crippen molar-refractivity contribution in [3.05, 3.63) is 64.5 Å². The van der Waals surface area contributed by atoms with Gasteiger partial charge < -0.3 is 20.7 Å². The number of rotatable bonds is 5. The molecule has 1 aliphatic rings. The molecule has 2 aromatic carbocycles. The third-order valence-corrected chi connectivity index (χ3v) is 5.98. The smallest absolute Gasteiger partial charge is 0.248 e. The number of carbonyl (C=O) groups excluding carboxylic acids is 1. The van der Waals surface area contributed by atoms with Crippen molar-refractivity contribution in [3.63, 3.8) is 0 Å². The molecule has 0 radical (unpaired) electrons. The molecule has 154 valence electrons. The van der Waals surface area contributed by atoms with E-state index in [4.69, 9.17) is 27.1 Å². The Morgan fingerprint density at radius 1 is 1.17 bits per heavy atom. The third-order valence-electron chi connectivity index (χ3n) is 4.65. The minimum Gasteiger partial charge on any atom is -0.397 e. The number of halogens is 1. The van der Waals surface area contributed by atoms with Gasteiger partial charge >= 0.3 is 0 Å². The van der Waals surface area contributed by atoms with Crippen LogP contribution in [0.3, 0.4) is 0 Å². The molecule has 2 heterocycles. The molecular weight excluding hydrogens is 420 g/mol. The Balaban J connectivity index is 1.60. The Bertz CT molecular complexity index is 1060. The van der Waals surface area contributed by atoms with Crippen LogP contribution < -0.4 is 16.0 Å². The van der Waals surface area contributed by atoms with E-state index < -0.39 is 0 Å². The summed E-state index contributed by atoms with van der Waals surface area (Å²) in [7, 11) is 0. The van der Waals surface area contributed by atoms with Crippen molar-refractivity contribution in [1.82, 2.24) is 4.98 Å². The largest absolute Gasteiger partial charge is 0.397 e. The van der Waals surface area contributed by atoms with Crippen LogP contribution in [0.25, 0.3) is 17.3 Å². The van der Waals surface area contributed by atoms with Crippen LogP contribution in [-0.2, 0) is 9.53 Å². The van der Waals surface area contributed by atoms with Gasteiger partial charge in [0.15, 0.2) is 5.13 Å². The van der Waals surface area contributed by atoms with Crippen molar-refractivity contribution in [1.29, 1.82) is 0 Å². The van der Waals surface area contributed by atoms with E-state index in [9.17, 15) is 4.79 Å². The summed E-state index contributed by atoms with van der Waals surface area (Å²) < 4.78 is 5.44. The number of amides is 1. The summed E-state index contributed by atoms with van der Waals surface area (Å²) in [5.41, 5.74) is 8.78. The van der Waals surface area contributed by atoms with Crippen molar-refractivity contribution >= 4 is 51.4 Å². The molecule has 3 aromatic rings. The summed E-state index contributed by atoms with van der Waals surface area (Å²) in [6.45, 7) is 2.96. The Labute approximate surface area is 183 Å². The summed E-state index contributed by atoms with van der Waals surface area (Å²) >= 11 is 7.59. The maximum absolute atomic E-state index is 12.4. The summed E-state index contributed by atoms with van der Waals surface area (Å²) in [4.78, 5) is 20.4. The average molecular weight is 441 g/mol. The normalized spacial score (nSPS) is 14.2. The molecule has 0 aliphatic carbocycles. The first kappa shape index (κ1) is 20.4. The second-order valence-electron chi connectivity index (χ2n) is 6.73. The number of aromatic nitrogens is 1. The van der Waals surface area contributed by atoms with Crippen LogP contribution in [-0.4, -0.2) is 37.2 Å². The first-order chi connectivity index (χ1) is 14.6. The van der Waals surface area contributed by atoms with Crippen molar-refractivity contribution < 1.29 is 9.53 Å². The third kappa shape index (κ3) is 4.81. The number of nitrogens with one attached hydrogen (secondary N) is 1. The van der Waals surface area contributed by atoms with Gasteiger partial charge in [0.1, 0.15) is 0 Å². The maximum Gasteiger partial charge on any atom is 0.248 e. The molecule has 8 heteroatoms. The van der Waals surface area contributed by atoms with Crippen LogP contribution in [0.1, 0.15) is 4.88 Å². The highest BCUT2D eigenvalue weighted by Crippen LogP contribution is 2.35. The van der Waals surface area contributed by atoms with E-state index >= 15 is 0 Å². The average Bonchev–Trinajstić information content (AvgIpc) is 3.19. The van der Waals surface area contributed by atoms with E-state index in [1.165, 1.54) is 6.08 Å². The molecule has 0 saturated carbocycles. The van der Waals surface area contributed by atoms with Crippen molar-refractivity contribution in [2.75, 3.05) is 42.3 Å². The van der Waals surface area contributed by atoms with Crippen LogP contribution in [0.5, 0.6) is 0 Å². The van der Waals surface area contributed by atoms with Gasteiger partial charge in [-0.15, -0.1) is 0 Å². The lowest BCUT2D eigenvalue weighted by Crippen LogP contribution is -2.36. The highest BCUT2D eigenvalue weighted by molar-refractivity contribution is 7.17. The minimum absolute atomic E-state index is 0.253. The predicted octanol–water partition coefficient (Wildman–Crippen LogP) is 4.53. The molecule has 30 heavy (non-hydrogen) atoms. The number of nitrogens with zero attached hydrogens (tertiary/aromatic N) is 2. The summed E-state index contributed by atoms with van der Waals surface area (Å²) in [6, 6.07) is 14.7. The van der Waals surface area contributed by atoms with E-state index in [0.717, 1.165) is 34.4 Å². The number of nitrogen functional groups attached to an aromatic ring is 1. The number of hydrogen-bond donors (Lipinski definition) is 2. The first-order valence-electron chi connectivity index (χ1n) is 9.53. The van der Waals surface area contributed by atoms with E-state index in [2.05, 4.69) is 10.2 Å². The molecule has 1 fully saturated rings. The van der Waals surface area contributed by atoms with Crippen LogP contribution in [0, 0.1) is 0 Å². The predicted molar refractivity (Wildman–Crippen MR) is 124 cm³/mol. The molecule has 0 bridgehead atoms. The van der Waals surface area contributed by atoms with Gasteiger partial charge in [-0.05, 0) is 30.3 Å². The molecule has 0 atom stereocenters. The van der Waals surface area contributed by atoms with Gasteiger partial charge in [0, 0.05) is 29.8 Å². The molecule has 0 spiro atoms. The number of ether oxygens (including phenoxy) is 1. The quantitative estimate of drug-likeness (QED) is 0.450. The van der Waals surface area contributed by atoms with E-state index in [-0.39, 0.29) is 5.91 Å². The van der Waals surface area contributed by atoms with Crippen LogP contribution >= 0.6 is 22.9 Å². The van der Waals surface area contributed by atoms with Crippen molar-refractivity contribution in [2.24, 2.45) is 0 Å². The van der Waals surface area contributed by atoms with E-state index in [0.29, 0.717) is 29.6 Å². The molecule has 4 rings (SSSR count). The highest BCUT2D eigenvalue weighted by Gasteiger charge is 2.18. The van der Waals surface area contributed by atoms with Gasteiger partial charge in [0.25, 0.3) is 0 Å². The monoisotopic (exact) mass is 440 g/mol. The number of thiazole rings is 1. The zero-order valence-electron chi connectivity index (χ0n) is 16.2. The Morgan fingerprint density at radius 2 is 1.90 bits per heavy atom. The molecule has 1 amide bonds. The fraction of sp³-hybridized carbons (Fsp3) is 0.182. The zero-order valence-corrected chi connectivity index (χ0v) is 17.7. The number of anilines is 3. The lowest BCUT2D eigenvalue weighted by Gasteiger charge is -2.26. The summed E-state index contributed by atoms with van der Waals surface area (Å²) in [5.74, 6) is -0.253. The number of carbonyl (C=O) groups is 1. The van der Waals surface area contributed by atoms with Crippen molar-refractivity contribution in [2.45, 2.75) is 0 Å². The minimum atomic E-state index is -0.253. The standard InChI is InChI=1S/C22H21ClN4O2S/c23-16-7-5-15(6-8-16)21-19(30-22(26-21)27-11-13-29-14-12-27)9-10-20(28)25-18-4-2-1-3-17(18)24/h1-10H,11-14,24H2,(H,25,28)/b10-9+. The number of nitrogens with two attached hydrogens (primary N) is 1. The molecule has 0 unspecified atom stereocenters. The summed E-state index contributed by atoms with van der Waals surface area (Å²) in [5, 5.41) is 4.39. The fourth-order valence-electron chi connectivity index (χ4n) is 3.07. The van der Waals surface area contributed by atoms with Crippen molar-refractivity contribution in [3.8, 4) is 11.3 Å². The number of morpholine rings is 1. The van der Waals surface area contributed by atoms with Gasteiger partial charge in [-0.25, -0.2) is 4.98 Å². The van der Waals surface area contributed by atoms with E-state index in [1.54, 1.807) is 29.5 Å². The maximum atomic E-state index is 12.4.